The maximum Gasteiger partial charge on any atom is 0.236 e. The fraction of sp³-hybridized carbons (Fsp3) is 0.538. The van der Waals surface area contributed by atoms with E-state index in [9.17, 15) is 8.42 Å². The van der Waals surface area contributed by atoms with Crippen molar-refractivity contribution in [3.63, 3.8) is 0 Å². The van der Waals surface area contributed by atoms with E-state index < -0.39 is 10.0 Å². The summed E-state index contributed by atoms with van der Waals surface area (Å²) in [6.45, 7) is 5.99. The fourth-order valence-corrected chi connectivity index (χ4v) is 3.51. The van der Waals surface area contributed by atoms with E-state index in [2.05, 4.69) is 19.2 Å². The Morgan fingerprint density at radius 3 is 2.44 bits per heavy atom. The molecule has 0 unspecified atom stereocenters. The van der Waals surface area contributed by atoms with Crippen LogP contribution in [0.15, 0.2) is 24.3 Å². The number of sulfonamides is 1. The van der Waals surface area contributed by atoms with E-state index in [-0.39, 0.29) is 5.75 Å². The molecule has 2 rings (SSSR count). The van der Waals surface area contributed by atoms with Crippen molar-refractivity contribution in [3.05, 3.63) is 29.8 Å². The van der Waals surface area contributed by atoms with E-state index in [0.717, 1.165) is 5.69 Å². The summed E-state index contributed by atoms with van der Waals surface area (Å²) in [5.41, 5.74) is 1.99. The van der Waals surface area contributed by atoms with E-state index in [1.165, 1.54) is 9.87 Å². The summed E-state index contributed by atoms with van der Waals surface area (Å²) in [6, 6.07) is 7.82. The van der Waals surface area contributed by atoms with Gasteiger partial charge in [0.25, 0.3) is 0 Å². The molecule has 1 heterocycles. The second kappa shape index (κ2) is 5.28. The quantitative estimate of drug-likeness (QED) is 0.885. The van der Waals surface area contributed by atoms with Crippen LogP contribution in [0.1, 0.15) is 25.3 Å². The summed E-state index contributed by atoms with van der Waals surface area (Å²) in [5.74, 6) is 0.625. The van der Waals surface area contributed by atoms with Crippen LogP contribution in [0.3, 0.4) is 0 Å². The Morgan fingerprint density at radius 2 is 1.83 bits per heavy atom. The summed E-state index contributed by atoms with van der Waals surface area (Å²) in [4.78, 5) is 0. The number of nitrogens with one attached hydrogen (secondary N) is 1. The minimum Gasteiger partial charge on any atom is -0.314 e. The van der Waals surface area contributed by atoms with Crippen LogP contribution in [0.25, 0.3) is 0 Å². The van der Waals surface area contributed by atoms with Crippen molar-refractivity contribution in [2.45, 2.75) is 19.8 Å². The van der Waals surface area contributed by atoms with Gasteiger partial charge in [-0.2, -0.15) is 0 Å². The Bertz CT molecular complexity index is 494. The van der Waals surface area contributed by atoms with Gasteiger partial charge >= 0.3 is 0 Å². The maximum atomic E-state index is 12.1. The zero-order valence-electron chi connectivity index (χ0n) is 10.9. The first kappa shape index (κ1) is 13.4. The van der Waals surface area contributed by atoms with Crippen molar-refractivity contribution in [2.75, 3.05) is 29.7 Å². The highest BCUT2D eigenvalue weighted by atomic mass is 32.2. The van der Waals surface area contributed by atoms with Gasteiger partial charge in [0.1, 0.15) is 0 Å². The summed E-state index contributed by atoms with van der Waals surface area (Å²) >= 11 is 0. The largest absolute Gasteiger partial charge is 0.314 e. The van der Waals surface area contributed by atoms with Crippen molar-refractivity contribution in [1.29, 1.82) is 0 Å². The van der Waals surface area contributed by atoms with Crippen molar-refractivity contribution < 1.29 is 8.42 Å². The molecule has 1 fully saturated rings. The van der Waals surface area contributed by atoms with Gasteiger partial charge in [-0.1, -0.05) is 26.0 Å². The fourth-order valence-electron chi connectivity index (χ4n) is 2.07. The summed E-state index contributed by atoms with van der Waals surface area (Å²) in [7, 11) is -3.18. The Balaban J connectivity index is 2.29. The Morgan fingerprint density at radius 1 is 1.17 bits per heavy atom. The number of hydrogen-bond donors (Lipinski definition) is 1. The average Bonchev–Trinajstić information content (AvgIpc) is 2.50. The first-order valence-electron chi connectivity index (χ1n) is 6.32. The normalized spacial score (nSPS) is 19.8. The SMILES string of the molecule is CC(C)c1ccc(N2CCNCCS2(=O)=O)cc1. The number of hydrogen-bond acceptors (Lipinski definition) is 3. The minimum absolute atomic E-state index is 0.166. The molecule has 4 nitrogen and oxygen atoms in total. The topological polar surface area (TPSA) is 49.4 Å². The molecular formula is C13H20N2O2S. The lowest BCUT2D eigenvalue weighted by molar-refractivity contribution is 0.594. The third kappa shape index (κ3) is 2.84. The molecule has 0 saturated carbocycles. The van der Waals surface area contributed by atoms with Crippen LogP contribution >= 0.6 is 0 Å². The molecule has 0 aromatic heterocycles. The van der Waals surface area contributed by atoms with Gasteiger partial charge < -0.3 is 5.32 Å². The molecule has 1 aliphatic heterocycles. The van der Waals surface area contributed by atoms with Crippen molar-refractivity contribution in [3.8, 4) is 0 Å². The number of anilines is 1. The smallest absolute Gasteiger partial charge is 0.236 e. The van der Waals surface area contributed by atoms with Crippen LogP contribution in [-0.2, 0) is 10.0 Å². The molecule has 0 atom stereocenters. The molecular weight excluding hydrogens is 248 g/mol. The van der Waals surface area contributed by atoms with Crippen molar-refractivity contribution >= 4 is 15.7 Å². The van der Waals surface area contributed by atoms with Crippen LogP contribution in [0.2, 0.25) is 0 Å². The molecule has 0 amide bonds. The highest BCUT2D eigenvalue weighted by molar-refractivity contribution is 7.92. The number of rotatable bonds is 2. The van der Waals surface area contributed by atoms with E-state index >= 15 is 0 Å². The zero-order chi connectivity index (χ0) is 13.2. The monoisotopic (exact) mass is 268 g/mol. The lowest BCUT2D eigenvalue weighted by Crippen LogP contribution is -2.33. The predicted octanol–water partition coefficient (Wildman–Crippen LogP) is 1.55. The van der Waals surface area contributed by atoms with Crippen LogP contribution in [-0.4, -0.2) is 33.8 Å². The summed E-state index contributed by atoms with van der Waals surface area (Å²) in [6.07, 6.45) is 0. The average molecular weight is 268 g/mol. The first-order valence-corrected chi connectivity index (χ1v) is 7.93. The summed E-state index contributed by atoms with van der Waals surface area (Å²) < 4.78 is 25.7. The van der Waals surface area contributed by atoms with Gasteiger partial charge in [-0.25, -0.2) is 8.42 Å². The number of nitrogens with zero attached hydrogens (tertiary/aromatic N) is 1. The van der Waals surface area contributed by atoms with E-state index in [1.54, 1.807) is 0 Å². The molecule has 1 aliphatic rings. The highest BCUT2D eigenvalue weighted by Crippen LogP contribution is 2.22. The van der Waals surface area contributed by atoms with Gasteiger partial charge in [0.2, 0.25) is 10.0 Å². The van der Waals surface area contributed by atoms with E-state index in [4.69, 9.17) is 0 Å². The van der Waals surface area contributed by atoms with Gasteiger partial charge in [0.15, 0.2) is 0 Å². The van der Waals surface area contributed by atoms with Crippen molar-refractivity contribution in [1.82, 2.24) is 5.32 Å². The van der Waals surface area contributed by atoms with Crippen LogP contribution in [0, 0.1) is 0 Å². The molecule has 100 valence electrons. The Hall–Kier alpha value is -1.07. The van der Waals surface area contributed by atoms with Crippen LogP contribution in [0.4, 0.5) is 5.69 Å². The molecule has 18 heavy (non-hydrogen) atoms. The third-order valence-electron chi connectivity index (χ3n) is 3.21. The lowest BCUT2D eigenvalue weighted by Gasteiger charge is -2.22. The first-order chi connectivity index (χ1) is 8.50. The molecule has 1 saturated heterocycles. The molecule has 0 spiro atoms. The van der Waals surface area contributed by atoms with Gasteiger partial charge in [-0.3, -0.25) is 4.31 Å². The van der Waals surface area contributed by atoms with E-state index in [1.807, 2.05) is 24.3 Å². The van der Waals surface area contributed by atoms with Gasteiger partial charge in [0.05, 0.1) is 11.4 Å². The zero-order valence-corrected chi connectivity index (χ0v) is 11.7. The van der Waals surface area contributed by atoms with E-state index in [0.29, 0.717) is 25.6 Å². The van der Waals surface area contributed by atoms with Crippen LogP contribution in [0.5, 0.6) is 0 Å². The number of benzene rings is 1. The second-order valence-corrected chi connectivity index (χ2v) is 6.90. The van der Waals surface area contributed by atoms with Crippen LogP contribution < -0.4 is 9.62 Å². The Kier molecular flexibility index (Phi) is 3.92. The predicted molar refractivity (Wildman–Crippen MR) is 74.5 cm³/mol. The third-order valence-corrected chi connectivity index (χ3v) is 5.00. The van der Waals surface area contributed by atoms with Gasteiger partial charge in [0, 0.05) is 19.6 Å². The molecule has 1 aromatic rings. The molecule has 5 heteroatoms. The minimum atomic E-state index is -3.18. The standard InChI is InChI=1S/C13H20N2O2S/c1-11(2)12-3-5-13(6-4-12)15-9-7-14-8-10-18(15,16)17/h3-6,11,14H,7-10H2,1-2H3. The maximum absolute atomic E-state index is 12.1. The van der Waals surface area contributed by atoms with Gasteiger partial charge in [-0.05, 0) is 23.6 Å². The Labute approximate surface area is 109 Å². The molecule has 0 bridgehead atoms. The summed E-state index contributed by atoms with van der Waals surface area (Å²) in [5, 5.41) is 3.11. The molecule has 1 aromatic carbocycles. The highest BCUT2D eigenvalue weighted by Gasteiger charge is 2.24. The van der Waals surface area contributed by atoms with Gasteiger partial charge in [-0.15, -0.1) is 0 Å². The van der Waals surface area contributed by atoms with Crippen molar-refractivity contribution in [2.24, 2.45) is 0 Å². The molecule has 1 N–H and O–H groups in total. The molecule has 0 radical (unpaired) electrons. The second-order valence-electron chi connectivity index (χ2n) is 4.88. The lowest BCUT2D eigenvalue weighted by atomic mass is 10.0. The molecule has 0 aliphatic carbocycles.